The second kappa shape index (κ2) is 11.0. The minimum Gasteiger partial charge on any atom is -0.370 e. The second-order valence-corrected chi connectivity index (χ2v) is 3.97. The third kappa shape index (κ3) is 24.6. The van der Waals surface area contributed by atoms with E-state index in [-0.39, 0.29) is 12.8 Å². The first-order chi connectivity index (χ1) is 6.90. The van der Waals surface area contributed by atoms with Gasteiger partial charge in [-0.15, -0.1) is 0 Å². The number of primary amides is 2. The fraction of sp³-hybridized carbons (Fsp3) is 0.818. The zero-order valence-corrected chi connectivity index (χ0v) is 10.1. The van der Waals surface area contributed by atoms with E-state index < -0.39 is 11.8 Å². The van der Waals surface area contributed by atoms with Gasteiger partial charge < -0.3 is 11.5 Å². The summed E-state index contributed by atoms with van der Waals surface area (Å²) in [5, 5.41) is 0. The van der Waals surface area contributed by atoms with Gasteiger partial charge in [0.05, 0.1) is 0 Å². The number of nitrogens with two attached hydrogens (primary N) is 2. The second-order valence-electron chi connectivity index (χ2n) is 3.97. The van der Waals surface area contributed by atoms with Crippen LogP contribution in [0.1, 0.15) is 52.9 Å². The molecule has 0 bridgehead atoms. The molecule has 0 aliphatic rings. The van der Waals surface area contributed by atoms with Crippen LogP contribution < -0.4 is 11.5 Å². The molecule has 0 aromatic carbocycles. The van der Waals surface area contributed by atoms with E-state index in [1.54, 1.807) is 0 Å². The van der Waals surface area contributed by atoms with Crippen LogP contribution in [-0.4, -0.2) is 11.8 Å². The summed E-state index contributed by atoms with van der Waals surface area (Å²) in [5.41, 5.74) is 9.58. The Hall–Kier alpha value is -1.06. The molecule has 0 atom stereocenters. The van der Waals surface area contributed by atoms with E-state index >= 15 is 0 Å². The normalized spacial score (nSPS) is 9.33. The van der Waals surface area contributed by atoms with Gasteiger partial charge in [0.2, 0.25) is 11.8 Å². The molecule has 0 unspecified atom stereocenters. The van der Waals surface area contributed by atoms with Crippen LogP contribution in [0.2, 0.25) is 0 Å². The summed E-state index contributed by atoms with van der Waals surface area (Å²) >= 11 is 0. The van der Waals surface area contributed by atoms with Crippen LogP contribution in [0.5, 0.6) is 0 Å². The van der Waals surface area contributed by atoms with Crippen molar-refractivity contribution < 1.29 is 9.59 Å². The standard InChI is InChI=1S/C6H14.C5H10N2O2/c1-4-5-6(2)3;6-4(8)2-1-3-5(7)9/h6H,4-5H2,1-3H3;1-3H2,(H2,6,8)(H2,7,9). The Morgan fingerprint density at radius 2 is 1.47 bits per heavy atom. The molecule has 90 valence electrons. The highest BCUT2D eigenvalue weighted by Gasteiger charge is 1.96. The fourth-order valence-corrected chi connectivity index (χ4v) is 1.01. The van der Waals surface area contributed by atoms with E-state index in [1.807, 2.05) is 0 Å². The Labute approximate surface area is 92.4 Å². The molecule has 0 saturated heterocycles. The first-order valence-corrected chi connectivity index (χ1v) is 5.46. The fourth-order valence-electron chi connectivity index (χ4n) is 1.01. The summed E-state index contributed by atoms with van der Waals surface area (Å²) in [7, 11) is 0. The summed E-state index contributed by atoms with van der Waals surface area (Å²) < 4.78 is 0. The van der Waals surface area contributed by atoms with Crippen molar-refractivity contribution in [3.8, 4) is 0 Å². The van der Waals surface area contributed by atoms with Crippen molar-refractivity contribution in [2.45, 2.75) is 52.9 Å². The molecule has 0 aromatic rings. The predicted molar refractivity (Wildman–Crippen MR) is 62.0 cm³/mol. The van der Waals surface area contributed by atoms with Crippen LogP contribution in [-0.2, 0) is 9.59 Å². The Bertz CT molecular complexity index is 165. The lowest BCUT2D eigenvalue weighted by Crippen LogP contribution is -2.14. The molecule has 0 rings (SSSR count). The Morgan fingerprint density at radius 1 is 1.07 bits per heavy atom. The van der Waals surface area contributed by atoms with Gasteiger partial charge >= 0.3 is 0 Å². The van der Waals surface area contributed by atoms with Gasteiger partial charge in [0.15, 0.2) is 0 Å². The molecule has 2 amide bonds. The Kier molecular flexibility index (Phi) is 12.0. The maximum atomic E-state index is 10.1. The number of hydrogen-bond acceptors (Lipinski definition) is 2. The first kappa shape index (κ1) is 16.4. The maximum Gasteiger partial charge on any atom is 0.217 e. The Morgan fingerprint density at radius 3 is 1.60 bits per heavy atom. The summed E-state index contributed by atoms with van der Waals surface area (Å²) in [4.78, 5) is 20.1. The molecule has 4 nitrogen and oxygen atoms in total. The van der Waals surface area contributed by atoms with E-state index in [1.165, 1.54) is 12.8 Å². The van der Waals surface area contributed by atoms with Gasteiger partial charge in [-0.1, -0.05) is 33.6 Å². The van der Waals surface area contributed by atoms with E-state index in [2.05, 4.69) is 20.8 Å². The highest BCUT2D eigenvalue weighted by Crippen LogP contribution is 2.00. The number of carbonyl (C=O) groups excluding carboxylic acids is 2. The third-order valence-corrected chi connectivity index (χ3v) is 1.71. The van der Waals surface area contributed by atoms with E-state index in [4.69, 9.17) is 11.5 Å². The molecule has 0 fully saturated rings. The van der Waals surface area contributed by atoms with Crippen molar-refractivity contribution in [1.82, 2.24) is 0 Å². The lowest BCUT2D eigenvalue weighted by molar-refractivity contribution is -0.119. The van der Waals surface area contributed by atoms with Gasteiger partial charge in [-0.25, -0.2) is 0 Å². The average Bonchev–Trinajstić information content (AvgIpc) is 2.03. The van der Waals surface area contributed by atoms with E-state index in [0.29, 0.717) is 6.42 Å². The molecule has 0 aliphatic heterocycles. The molecule has 0 spiro atoms. The topological polar surface area (TPSA) is 86.2 Å². The Balaban J connectivity index is 0. The van der Waals surface area contributed by atoms with Crippen molar-refractivity contribution in [3.05, 3.63) is 0 Å². The van der Waals surface area contributed by atoms with Crippen LogP contribution >= 0.6 is 0 Å². The van der Waals surface area contributed by atoms with Crippen molar-refractivity contribution >= 4 is 11.8 Å². The summed E-state index contributed by atoms with van der Waals surface area (Å²) in [6.45, 7) is 6.73. The molecule has 15 heavy (non-hydrogen) atoms. The third-order valence-electron chi connectivity index (χ3n) is 1.71. The van der Waals surface area contributed by atoms with Gasteiger partial charge in [0, 0.05) is 12.8 Å². The van der Waals surface area contributed by atoms with Crippen molar-refractivity contribution in [2.24, 2.45) is 17.4 Å². The molecule has 0 heterocycles. The molecular formula is C11H24N2O2. The lowest BCUT2D eigenvalue weighted by Gasteiger charge is -1.95. The number of rotatable bonds is 6. The zero-order chi connectivity index (χ0) is 12.3. The van der Waals surface area contributed by atoms with Crippen LogP contribution in [0.3, 0.4) is 0 Å². The minimum absolute atomic E-state index is 0.239. The SMILES string of the molecule is CCCC(C)C.NC(=O)CCCC(N)=O. The van der Waals surface area contributed by atoms with Gasteiger partial charge in [0.25, 0.3) is 0 Å². The van der Waals surface area contributed by atoms with Crippen molar-refractivity contribution in [3.63, 3.8) is 0 Å². The highest BCUT2D eigenvalue weighted by molar-refractivity contribution is 5.76. The van der Waals surface area contributed by atoms with Gasteiger partial charge in [-0.3, -0.25) is 9.59 Å². The summed E-state index contributed by atoms with van der Waals surface area (Å²) in [6, 6.07) is 0. The number of carbonyl (C=O) groups is 2. The van der Waals surface area contributed by atoms with Gasteiger partial charge in [0.1, 0.15) is 0 Å². The van der Waals surface area contributed by atoms with Crippen LogP contribution in [0.25, 0.3) is 0 Å². The summed E-state index contributed by atoms with van der Waals surface area (Å²) in [6.07, 6.45) is 3.65. The van der Waals surface area contributed by atoms with Crippen LogP contribution in [0.4, 0.5) is 0 Å². The first-order valence-electron chi connectivity index (χ1n) is 5.46. The van der Waals surface area contributed by atoms with Crippen molar-refractivity contribution in [2.75, 3.05) is 0 Å². The van der Waals surface area contributed by atoms with Crippen LogP contribution in [0, 0.1) is 5.92 Å². The van der Waals surface area contributed by atoms with Gasteiger partial charge in [-0.05, 0) is 12.3 Å². The summed E-state index contributed by atoms with van der Waals surface area (Å²) in [5.74, 6) is 0.113. The van der Waals surface area contributed by atoms with Gasteiger partial charge in [-0.2, -0.15) is 0 Å². The monoisotopic (exact) mass is 216 g/mol. The van der Waals surface area contributed by atoms with Crippen molar-refractivity contribution in [1.29, 1.82) is 0 Å². The smallest absolute Gasteiger partial charge is 0.217 e. The molecular weight excluding hydrogens is 192 g/mol. The van der Waals surface area contributed by atoms with E-state index in [9.17, 15) is 9.59 Å². The quantitative estimate of drug-likeness (QED) is 0.706. The highest BCUT2D eigenvalue weighted by atomic mass is 16.1. The molecule has 4 N–H and O–H groups in total. The molecule has 0 saturated carbocycles. The molecule has 0 radical (unpaired) electrons. The number of amides is 2. The number of hydrogen-bond donors (Lipinski definition) is 2. The minimum atomic E-state index is -0.392. The molecule has 0 aliphatic carbocycles. The lowest BCUT2D eigenvalue weighted by atomic mass is 10.1. The zero-order valence-electron chi connectivity index (χ0n) is 10.1. The van der Waals surface area contributed by atoms with E-state index in [0.717, 1.165) is 5.92 Å². The maximum absolute atomic E-state index is 10.1. The largest absolute Gasteiger partial charge is 0.370 e. The predicted octanol–water partition coefficient (Wildman–Crippen LogP) is 1.57. The molecule has 0 aromatic heterocycles. The van der Waals surface area contributed by atoms with Crippen LogP contribution in [0.15, 0.2) is 0 Å². The average molecular weight is 216 g/mol. The molecule has 4 heteroatoms.